The van der Waals surface area contributed by atoms with E-state index in [0.717, 1.165) is 60.1 Å². The van der Waals surface area contributed by atoms with Crippen LogP contribution in [0.5, 0.6) is 0 Å². The molecule has 1 fully saturated rings. The van der Waals surface area contributed by atoms with Crippen molar-refractivity contribution in [2.45, 2.75) is 95.5 Å². The van der Waals surface area contributed by atoms with Crippen LogP contribution in [0.1, 0.15) is 76.7 Å². The van der Waals surface area contributed by atoms with Gasteiger partial charge in [-0.2, -0.15) is 4.98 Å². The number of hydrogen-bond acceptors (Lipinski definition) is 10. The van der Waals surface area contributed by atoms with Gasteiger partial charge in [0.05, 0.1) is 29.8 Å². The summed E-state index contributed by atoms with van der Waals surface area (Å²) in [6, 6.07) is 20.6. The van der Waals surface area contributed by atoms with Crippen molar-refractivity contribution in [3.63, 3.8) is 0 Å². The van der Waals surface area contributed by atoms with Crippen molar-refractivity contribution in [1.29, 1.82) is 0 Å². The summed E-state index contributed by atoms with van der Waals surface area (Å²) in [7, 11) is 0. The van der Waals surface area contributed by atoms with Gasteiger partial charge in [-0.1, -0.05) is 56.7 Å². The van der Waals surface area contributed by atoms with Crippen molar-refractivity contribution in [3.05, 3.63) is 72.4 Å². The van der Waals surface area contributed by atoms with Gasteiger partial charge in [-0.15, -0.1) is 0 Å². The van der Waals surface area contributed by atoms with E-state index in [0.29, 0.717) is 24.8 Å². The van der Waals surface area contributed by atoms with E-state index < -0.39 is 30.4 Å². The van der Waals surface area contributed by atoms with Crippen LogP contribution in [0.4, 0.5) is 11.7 Å². The number of aliphatic hydroxyl groups is 4. The number of carbonyl (C=O) groups excluding carboxylic acids is 1. The maximum absolute atomic E-state index is 10.8. The van der Waals surface area contributed by atoms with E-state index in [2.05, 4.69) is 39.6 Å². The molecule has 1 aliphatic rings. The molecule has 0 unspecified atom stereocenters. The molecule has 0 aliphatic heterocycles. The fraction of sp³-hybridized carbons (Fsp3) is 0.457. The van der Waals surface area contributed by atoms with Crippen molar-refractivity contribution < 1.29 is 34.7 Å². The molecule has 4 atom stereocenters. The van der Waals surface area contributed by atoms with Crippen LogP contribution in [0.2, 0.25) is 0 Å². The Hall–Kier alpha value is -3.83. The smallest absolute Gasteiger partial charge is 0.300 e. The highest BCUT2D eigenvalue weighted by Crippen LogP contribution is 2.37. The highest BCUT2D eigenvalue weighted by atomic mass is 16.4. The predicted octanol–water partition coefficient (Wildman–Crippen LogP) is 4.69. The number of fused-ring (bicyclic) bond motifs is 1. The van der Waals surface area contributed by atoms with Crippen molar-refractivity contribution in [2.24, 2.45) is 5.92 Å². The number of hydrogen-bond donors (Lipinski definition) is 5. The minimum atomic E-state index is -1.26. The van der Waals surface area contributed by atoms with Crippen LogP contribution in [-0.4, -0.2) is 60.8 Å². The average molecular weight is 619 g/mol. The molecule has 45 heavy (non-hydrogen) atoms. The van der Waals surface area contributed by atoms with Gasteiger partial charge in [0.2, 0.25) is 0 Å². The Morgan fingerprint density at radius 1 is 0.933 bits per heavy atom. The van der Waals surface area contributed by atoms with E-state index in [9.17, 15) is 30.3 Å². The number of aliphatic hydroxyl groups excluding tert-OH is 4. The van der Waals surface area contributed by atoms with Gasteiger partial charge in [-0.05, 0) is 86.6 Å². The lowest BCUT2D eigenvalue weighted by molar-refractivity contribution is -0.307. The SMILES string of the molecule is CCC[C@H](O)[C@@H](O)[C@H](O)[C@H](O)CC.O=C([O-])CC1CCC(c2ccc(-c3ccc(Nc4nc5ccccc5o4)cn3)cc2)CC1. The number of carbonyl (C=O) groups is 1. The van der Waals surface area contributed by atoms with Gasteiger partial charge in [0, 0.05) is 11.5 Å². The molecule has 0 bridgehead atoms. The molecule has 1 saturated carbocycles. The molecule has 5 rings (SSSR count). The fourth-order valence-electron chi connectivity index (χ4n) is 5.71. The first-order chi connectivity index (χ1) is 21.7. The Kier molecular flexibility index (Phi) is 12.5. The maximum atomic E-state index is 10.8. The number of nitrogens with zero attached hydrogens (tertiary/aromatic N) is 2. The summed E-state index contributed by atoms with van der Waals surface area (Å²) in [6.07, 6.45) is 3.01. The predicted molar refractivity (Wildman–Crippen MR) is 171 cm³/mol. The summed E-state index contributed by atoms with van der Waals surface area (Å²) < 4.78 is 5.70. The van der Waals surface area contributed by atoms with Gasteiger partial charge in [-0.3, -0.25) is 4.98 Å². The summed E-state index contributed by atoms with van der Waals surface area (Å²) in [5, 5.41) is 51.2. The summed E-state index contributed by atoms with van der Waals surface area (Å²) >= 11 is 0. The van der Waals surface area contributed by atoms with Crippen LogP contribution < -0.4 is 10.4 Å². The van der Waals surface area contributed by atoms with Crippen LogP contribution in [0.15, 0.2) is 71.3 Å². The second-order valence-electron chi connectivity index (χ2n) is 11.8. The number of para-hydroxylation sites is 2. The van der Waals surface area contributed by atoms with Gasteiger partial charge in [0.1, 0.15) is 17.7 Å². The molecule has 1 aliphatic carbocycles. The van der Waals surface area contributed by atoms with Gasteiger partial charge in [-0.25, -0.2) is 0 Å². The standard InChI is InChI=1S/C26H25N3O3.C9H20O4/c30-25(31)15-17-5-7-18(8-6-17)19-9-11-20(12-10-19)22-14-13-21(16-27-22)28-26-29-23-3-1-2-4-24(23)32-26;1-3-5-7(11)9(13)8(12)6(10)4-2/h1-4,9-14,16-18H,5-8,15H2,(H,28,29)(H,30,31);6-13H,3-5H2,1-2H3/p-1/t;6-,7+,8-,9-/m.1/s1. The number of benzene rings is 2. The quantitative estimate of drug-likeness (QED) is 0.150. The number of anilines is 2. The van der Waals surface area contributed by atoms with E-state index in [4.69, 9.17) is 4.42 Å². The monoisotopic (exact) mass is 618 g/mol. The van der Waals surface area contributed by atoms with Crippen molar-refractivity contribution in [1.82, 2.24) is 9.97 Å². The number of carboxylic acids is 1. The van der Waals surface area contributed by atoms with E-state index in [-0.39, 0.29) is 12.3 Å². The third-order valence-electron chi connectivity index (χ3n) is 8.43. The molecular weight excluding hydrogens is 574 g/mol. The van der Waals surface area contributed by atoms with Crippen LogP contribution in [-0.2, 0) is 4.79 Å². The highest BCUT2D eigenvalue weighted by Gasteiger charge is 2.28. The lowest BCUT2D eigenvalue weighted by Gasteiger charge is -2.29. The second-order valence-corrected chi connectivity index (χ2v) is 11.8. The van der Waals surface area contributed by atoms with E-state index >= 15 is 0 Å². The summed E-state index contributed by atoms with van der Waals surface area (Å²) in [5.41, 5.74) is 5.64. The third-order valence-corrected chi connectivity index (χ3v) is 8.43. The first-order valence-electron chi connectivity index (χ1n) is 15.8. The van der Waals surface area contributed by atoms with Crippen LogP contribution in [0, 0.1) is 5.92 Å². The Balaban J connectivity index is 0.000000302. The molecule has 2 aromatic heterocycles. The molecule has 4 aromatic rings. The van der Waals surface area contributed by atoms with E-state index in [1.165, 1.54) is 5.56 Å². The fourth-order valence-corrected chi connectivity index (χ4v) is 5.71. The first kappa shape index (κ1) is 34.1. The molecule has 5 N–H and O–H groups in total. The number of pyridine rings is 1. The minimum absolute atomic E-state index is 0.189. The molecule has 10 nitrogen and oxygen atoms in total. The van der Waals surface area contributed by atoms with E-state index in [1.54, 1.807) is 13.1 Å². The first-order valence-corrected chi connectivity index (χ1v) is 15.8. The average Bonchev–Trinajstić information content (AvgIpc) is 3.47. The maximum Gasteiger partial charge on any atom is 0.300 e. The summed E-state index contributed by atoms with van der Waals surface area (Å²) in [6.45, 7) is 3.57. The van der Waals surface area contributed by atoms with Gasteiger partial charge in [0.25, 0.3) is 6.01 Å². The second kappa shape index (κ2) is 16.5. The zero-order chi connectivity index (χ0) is 32.3. The Labute approximate surface area is 263 Å². The topological polar surface area (TPSA) is 172 Å². The summed E-state index contributed by atoms with van der Waals surface area (Å²) in [4.78, 5) is 19.8. The van der Waals surface area contributed by atoms with Crippen molar-refractivity contribution in [2.75, 3.05) is 5.32 Å². The van der Waals surface area contributed by atoms with Gasteiger partial charge in [0.15, 0.2) is 5.58 Å². The highest BCUT2D eigenvalue weighted by molar-refractivity contribution is 5.75. The molecule has 2 aromatic carbocycles. The van der Waals surface area contributed by atoms with Gasteiger partial charge < -0.3 is 40.1 Å². The Morgan fingerprint density at radius 3 is 2.22 bits per heavy atom. The van der Waals surface area contributed by atoms with Gasteiger partial charge >= 0.3 is 0 Å². The number of carboxylic acid groups (broad SMARTS) is 1. The lowest BCUT2D eigenvalue weighted by Crippen LogP contribution is -2.44. The number of aromatic nitrogens is 2. The molecule has 0 spiro atoms. The number of aliphatic carboxylic acids is 1. The lowest BCUT2D eigenvalue weighted by atomic mass is 9.77. The molecule has 242 valence electrons. The summed E-state index contributed by atoms with van der Waals surface area (Å²) in [5.74, 6) is -0.167. The largest absolute Gasteiger partial charge is 0.550 e. The van der Waals surface area contributed by atoms with Crippen LogP contribution in [0.3, 0.4) is 0 Å². The van der Waals surface area contributed by atoms with Crippen molar-refractivity contribution in [3.8, 4) is 11.3 Å². The third kappa shape index (κ3) is 9.58. The van der Waals surface area contributed by atoms with Crippen LogP contribution >= 0.6 is 0 Å². The molecule has 2 heterocycles. The van der Waals surface area contributed by atoms with Crippen LogP contribution in [0.25, 0.3) is 22.4 Å². The Morgan fingerprint density at radius 2 is 1.62 bits per heavy atom. The zero-order valence-electron chi connectivity index (χ0n) is 25.9. The Bertz CT molecular complexity index is 1430. The molecule has 0 radical (unpaired) electrons. The number of nitrogens with one attached hydrogen (secondary N) is 1. The minimum Gasteiger partial charge on any atom is -0.550 e. The molecule has 0 saturated heterocycles. The normalized spacial score (nSPS) is 19.2. The number of rotatable bonds is 12. The van der Waals surface area contributed by atoms with E-state index in [1.807, 2.05) is 43.3 Å². The molecule has 10 heteroatoms. The number of oxazole rings is 1. The van der Waals surface area contributed by atoms with Crippen molar-refractivity contribution >= 4 is 28.8 Å². The molecule has 0 amide bonds. The molecular formula is C35H44N3O7-. The zero-order valence-corrected chi connectivity index (χ0v) is 25.9.